The second-order valence-electron chi connectivity index (χ2n) is 2.49. The molecule has 3 heteroatoms. The van der Waals surface area contributed by atoms with Gasteiger partial charge >= 0.3 is 5.97 Å². The zero-order chi connectivity index (χ0) is 9.84. The molecular weight excluding hydrogens is 171 g/mol. The predicted molar refractivity (Wildman–Crippen MR) is 47.7 cm³/mol. The van der Waals surface area contributed by atoms with Crippen LogP contribution in [0.15, 0.2) is 30.3 Å². The lowest BCUT2D eigenvalue weighted by molar-refractivity contribution is -0.130. The molecule has 0 saturated heterocycles. The van der Waals surface area contributed by atoms with E-state index in [-0.39, 0.29) is 11.1 Å². The first-order valence-corrected chi connectivity index (χ1v) is 3.81. The van der Waals surface area contributed by atoms with E-state index in [4.69, 9.17) is 5.11 Å². The molecule has 0 atom stereocenters. The highest BCUT2D eigenvalue weighted by Gasteiger charge is 2.12. The first-order valence-electron chi connectivity index (χ1n) is 3.81. The van der Waals surface area contributed by atoms with Gasteiger partial charge in [-0.15, -0.1) is 0 Å². The van der Waals surface area contributed by atoms with Crippen LogP contribution in [0.1, 0.15) is 12.5 Å². The maximum absolute atomic E-state index is 13.1. The third-order valence-electron chi connectivity index (χ3n) is 1.68. The Labute approximate surface area is 75.3 Å². The van der Waals surface area contributed by atoms with Gasteiger partial charge in [-0.1, -0.05) is 24.3 Å². The highest BCUT2D eigenvalue weighted by Crippen LogP contribution is 2.17. The maximum atomic E-state index is 13.1. The third kappa shape index (κ3) is 1.93. The zero-order valence-electron chi connectivity index (χ0n) is 7.12. The van der Waals surface area contributed by atoms with Gasteiger partial charge in [0.25, 0.3) is 0 Å². The van der Waals surface area contributed by atoms with Crippen LogP contribution in [0.3, 0.4) is 0 Å². The molecule has 0 bridgehead atoms. The minimum absolute atomic E-state index is 0.0156. The third-order valence-corrected chi connectivity index (χ3v) is 1.68. The lowest BCUT2D eigenvalue weighted by atomic mass is 10.1. The minimum Gasteiger partial charge on any atom is -0.478 e. The Morgan fingerprint density at radius 3 is 2.54 bits per heavy atom. The number of rotatable bonds is 2. The highest BCUT2D eigenvalue weighted by atomic mass is 19.1. The summed E-state index contributed by atoms with van der Waals surface area (Å²) in [6.45, 7) is 1.57. The summed E-state index contributed by atoms with van der Waals surface area (Å²) in [6.07, 6.45) is 1.38. The van der Waals surface area contributed by atoms with E-state index in [0.717, 1.165) is 0 Å². The van der Waals surface area contributed by atoms with Crippen LogP contribution in [0.25, 0.3) is 5.57 Å². The fourth-order valence-corrected chi connectivity index (χ4v) is 1.07. The minimum atomic E-state index is -1.12. The molecule has 0 aliphatic carbocycles. The molecule has 0 spiro atoms. The van der Waals surface area contributed by atoms with Gasteiger partial charge in [0, 0.05) is 5.56 Å². The molecule has 0 aliphatic heterocycles. The van der Waals surface area contributed by atoms with E-state index >= 15 is 0 Å². The number of carbonyl (C=O) groups is 1. The van der Waals surface area contributed by atoms with Gasteiger partial charge in [-0.3, -0.25) is 0 Å². The summed E-state index contributed by atoms with van der Waals surface area (Å²) in [7, 11) is 0. The van der Waals surface area contributed by atoms with Crippen molar-refractivity contribution in [3.8, 4) is 0 Å². The van der Waals surface area contributed by atoms with Crippen molar-refractivity contribution in [3.05, 3.63) is 41.7 Å². The topological polar surface area (TPSA) is 37.3 Å². The number of carboxylic acids is 1. The van der Waals surface area contributed by atoms with Gasteiger partial charge in [-0.05, 0) is 13.0 Å². The van der Waals surface area contributed by atoms with Crippen molar-refractivity contribution >= 4 is 11.5 Å². The molecule has 1 N–H and O–H groups in total. The number of aliphatic carboxylic acids is 1. The Balaban J connectivity index is 3.21. The summed E-state index contributed by atoms with van der Waals surface area (Å²) >= 11 is 0. The summed E-state index contributed by atoms with van der Waals surface area (Å²) in [4.78, 5) is 10.6. The largest absolute Gasteiger partial charge is 0.478 e. The fourth-order valence-electron chi connectivity index (χ4n) is 1.07. The molecule has 0 fully saturated rings. The van der Waals surface area contributed by atoms with Crippen molar-refractivity contribution in [3.63, 3.8) is 0 Å². The molecular formula is C10H9FO2. The molecule has 0 radical (unpaired) electrons. The standard InChI is InChI=1S/C10H9FO2/c1-2-7(10(12)13)8-5-3-4-6-9(8)11/h2-6H,1H3,(H,12,13). The van der Waals surface area contributed by atoms with Gasteiger partial charge in [0.1, 0.15) is 5.82 Å². The first-order chi connectivity index (χ1) is 6.16. The Bertz CT molecular complexity index is 356. The van der Waals surface area contributed by atoms with E-state index in [9.17, 15) is 9.18 Å². The Hall–Kier alpha value is -1.64. The summed E-state index contributed by atoms with van der Waals surface area (Å²) in [5.74, 6) is -1.63. The summed E-state index contributed by atoms with van der Waals surface area (Å²) in [5.41, 5.74) is 0.107. The van der Waals surface area contributed by atoms with Crippen LogP contribution in [-0.4, -0.2) is 11.1 Å². The summed E-state index contributed by atoms with van der Waals surface area (Å²) in [5, 5.41) is 8.72. The number of hydrogen-bond donors (Lipinski definition) is 1. The smallest absolute Gasteiger partial charge is 0.336 e. The number of benzene rings is 1. The van der Waals surface area contributed by atoms with Crippen LogP contribution in [0.2, 0.25) is 0 Å². The normalized spacial score (nSPS) is 11.4. The van der Waals surface area contributed by atoms with Crippen LogP contribution in [0.5, 0.6) is 0 Å². The number of halogens is 1. The summed E-state index contributed by atoms with van der Waals surface area (Å²) < 4.78 is 13.1. The second kappa shape index (κ2) is 3.85. The van der Waals surface area contributed by atoms with E-state index in [1.54, 1.807) is 13.0 Å². The molecule has 0 amide bonds. The van der Waals surface area contributed by atoms with E-state index in [1.807, 2.05) is 0 Å². The average Bonchev–Trinajstić information content (AvgIpc) is 2.09. The molecule has 0 unspecified atom stereocenters. The van der Waals surface area contributed by atoms with E-state index in [2.05, 4.69) is 0 Å². The zero-order valence-corrected chi connectivity index (χ0v) is 7.12. The molecule has 1 aromatic carbocycles. The summed E-state index contributed by atoms with van der Waals surface area (Å²) in [6, 6.07) is 5.80. The fraction of sp³-hybridized carbons (Fsp3) is 0.100. The Kier molecular flexibility index (Phi) is 2.80. The predicted octanol–water partition coefficient (Wildman–Crippen LogP) is 2.31. The van der Waals surface area contributed by atoms with Gasteiger partial charge in [-0.2, -0.15) is 0 Å². The quantitative estimate of drug-likeness (QED) is 0.709. The van der Waals surface area contributed by atoms with Crippen molar-refractivity contribution in [2.24, 2.45) is 0 Å². The molecule has 0 heterocycles. The SMILES string of the molecule is CC=C(C(=O)O)c1ccccc1F. The van der Waals surface area contributed by atoms with Gasteiger partial charge < -0.3 is 5.11 Å². The molecule has 68 valence electrons. The Morgan fingerprint density at radius 2 is 2.08 bits per heavy atom. The van der Waals surface area contributed by atoms with Gasteiger partial charge in [0.05, 0.1) is 5.57 Å². The van der Waals surface area contributed by atoms with Crippen molar-refractivity contribution in [1.82, 2.24) is 0 Å². The number of carboxylic acid groups (broad SMARTS) is 1. The second-order valence-corrected chi connectivity index (χ2v) is 2.49. The van der Waals surface area contributed by atoms with Crippen molar-refractivity contribution in [2.45, 2.75) is 6.92 Å². The molecule has 1 aromatic rings. The molecule has 0 aliphatic rings. The first kappa shape index (κ1) is 9.45. The monoisotopic (exact) mass is 180 g/mol. The van der Waals surface area contributed by atoms with Gasteiger partial charge in [-0.25, -0.2) is 9.18 Å². The molecule has 13 heavy (non-hydrogen) atoms. The van der Waals surface area contributed by atoms with E-state index in [0.29, 0.717) is 0 Å². The van der Waals surface area contributed by atoms with Crippen molar-refractivity contribution in [1.29, 1.82) is 0 Å². The van der Waals surface area contributed by atoms with Crippen LogP contribution in [0, 0.1) is 5.82 Å². The lowest BCUT2D eigenvalue weighted by Gasteiger charge is -2.02. The van der Waals surface area contributed by atoms with Gasteiger partial charge in [0.2, 0.25) is 0 Å². The molecule has 1 rings (SSSR count). The maximum Gasteiger partial charge on any atom is 0.336 e. The van der Waals surface area contributed by atoms with E-state index in [1.165, 1.54) is 24.3 Å². The van der Waals surface area contributed by atoms with Gasteiger partial charge in [0.15, 0.2) is 0 Å². The number of hydrogen-bond acceptors (Lipinski definition) is 1. The van der Waals surface area contributed by atoms with Crippen LogP contribution < -0.4 is 0 Å². The van der Waals surface area contributed by atoms with Crippen molar-refractivity contribution < 1.29 is 14.3 Å². The van der Waals surface area contributed by atoms with Crippen LogP contribution in [-0.2, 0) is 4.79 Å². The Morgan fingerprint density at radius 1 is 1.46 bits per heavy atom. The molecule has 2 nitrogen and oxygen atoms in total. The molecule has 0 saturated carbocycles. The number of allylic oxidation sites excluding steroid dienone is 1. The van der Waals surface area contributed by atoms with Crippen LogP contribution in [0.4, 0.5) is 4.39 Å². The van der Waals surface area contributed by atoms with Crippen molar-refractivity contribution in [2.75, 3.05) is 0 Å². The molecule has 0 aromatic heterocycles. The van der Waals surface area contributed by atoms with E-state index < -0.39 is 11.8 Å². The average molecular weight is 180 g/mol. The lowest BCUT2D eigenvalue weighted by Crippen LogP contribution is -2.01. The van der Waals surface area contributed by atoms with Crippen LogP contribution >= 0.6 is 0 Å². The highest BCUT2D eigenvalue weighted by molar-refractivity contribution is 6.15.